The summed E-state index contributed by atoms with van der Waals surface area (Å²) in [7, 11) is 0. The van der Waals surface area contributed by atoms with Crippen molar-refractivity contribution in [3.8, 4) is 11.3 Å². The first-order valence-corrected chi connectivity index (χ1v) is 8.75. The Balaban J connectivity index is 1.39. The third kappa shape index (κ3) is 3.64. The fraction of sp³-hybridized carbons (Fsp3) is 0.0952. The molecule has 0 saturated heterocycles. The van der Waals surface area contributed by atoms with Crippen LogP contribution in [-0.4, -0.2) is 27.7 Å². The van der Waals surface area contributed by atoms with Gasteiger partial charge in [0.05, 0.1) is 24.1 Å². The van der Waals surface area contributed by atoms with E-state index >= 15 is 0 Å². The van der Waals surface area contributed by atoms with E-state index in [0.29, 0.717) is 11.3 Å². The second kappa shape index (κ2) is 7.40. The molecule has 1 aromatic carbocycles. The van der Waals surface area contributed by atoms with Crippen LogP contribution in [0, 0.1) is 6.92 Å². The average molecular weight is 374 g/mol. The summed E-state index contributed by atoms with van der Waals surface area (Å²) in [4.78, 5) is 28.5. The summed E-state index contributed by atoms with van der Waals surface area (Å²) in [6.45, 7) is 1.90. The van der Waals surface area contributed by atoms with E-state index in [1.165, 1.54) is 18.6 Å². The van der Waals surface area contributed by atoms with E-state index < -0.39 is 0 Å². The smallest absolute Gasteiger partial charge is 0.254 e. The minimum absolute atomic E-state index is 0.128. The first-order valence-electron chi connectivity index (χ1n) is 8.75. The molecule has 7 heteroatoms. The number of nitrogens with zero attached hydrogens (tertiary/aromatic N) is 2. The van der Waals surface area contributed by atoms with Crippen molar-refractivity contribution in [3.63, 3.8) is 0 Å². The molecule has 4 aromatic rings. The van der Waals surface area contributed by atoms with Gasteiger partial charge in [-0.2, -0.15) is 0 Å². The number of anilines is 1. The number of pyridine rings is 1. The Kier molecular flexibility index (Phi) is 4.63. The monoisotopic (exact) mass is 374 g/mol. The number of benzene rings is 1. The SMILES string of the molecule is Cc1cccn2cc(-c3ccc(NC(=O)CNC(=O)c4ccoc4)cc3)nc12. The van der Waals surface area contributed by atoms with Crippen LogP contribution in [0.1, 0.15) is 15.9 Å². The van der Waals surface area contributed by atoms with Gasteiger partial charge in [-0.1, -0.05) is 18.2 Å². The molecular formula is C21H18N4O3. The molecule has 0 aliphatic heterocycles. The highest BCUT2D eigenvalue weighted by Crippen LogP contribution is 2.22. The third-order valence-electron chi connectivity index (χ3n) is 4.34. The molecule has 0 saturated carbocycles. The second-order valence-electron chi connectivity index (χ2n) is 6.37. The standard InChI is InChI=1S/C21H18N4O3/c1-14-3-2-9-25-12-18(24-20(14)25)15-4-6-17(7-5-15)23-19(26)11-22-21(27)16-8-10-28-13-16/h2-10,12-13H,11H2,1H3,(H,22,27)(H,23,26). The van der Waals surface area contributed by atoms with E-state index in [1.54, 1.807) is 0 Å². The summed E-state index contributed by atoms with van der Waals surface area (Å²) in [5.41, 5.74) is 4.86. The van der Waals surface area contributed by atoms with Gasteiger partial charge < -0.3 is 19.5 Å². The van der Waals surface area contributed by atoms with Crippen LogP contribution in [-0.2, 0) is 4.79 Å². The van der Waals surface area contributed by atoms with E-state index in [1.807, 2.05) is 60.1 Å². The number of hydrogen-bond acceptors (Lipinski definition) is 4. The molecule has 0 aliphatic carbocycles. The quantitative estimate of drug-likeness (QED) is 0.561. The van der Waals surface area contributed by atoms with Crippen molar-refractivity contribution in [1.82, 2.24) is 14.7 Å². The zero-order valence-corrected chi connectivity index (χ0v) is 15.2. The van der Waals surface area contributed by atoms with Crippen LogP contribution in [0.5, 0.6) is 0 Å². The van der Waals surface area contributed by atoms with Crippen LogP contribution in [0.4, 0.5) is 5.69 Å². The number of amides is 2. The van der Waals surface area contributed by atoms with Gasteiger partial charge in [-0.05, 0) is 36.8 Å². The van der Waals surface area contributed by atoms with Crippen LogP contribution in [0.15, 0.2) is 71.8 Å². The molecule has 0 spiro atoms. The molecule has 7 nitrogen and oxygen atoms in total. The van der Waals surface area contributed by atoms with Crippen molar-refractivity contribution < 1.29 is 14.0 Å². The number of aryl methyl sites for hydroxylation is 1. The summed E-state index contributed by atoms with van der Waals surface area (Å²) >= 11 is 0. The molecule has 2 N–H and O–H groups in total. The number of carbonyl (C=O) groups is 2. The van der Waals surface area contributed by atoms with Crippen LogP contribution in [0.3, 0.4) is 0 Å². The third-order valence-corrected chi connectivity index (χ3v) is 4.34. The molecule has 0 unspecified atom stereocenters. The Bertz CT molecular complexity index is 1130. The van der Waals surface area contributed by atoms with Gasteiger partial charge in [0.2, 0.25) is 5.91 Å². The van der Waals surface area contributed by atoms with Gasteiger partial charge in [-0.3, -0.25) is 9.59 Å². The Morgan fingerprint density at radius 1 is 1.14 bits per heavy atom. The number of hydrogen-bond donors (Lipinski definition) is 2. The Hall–Kier alpha value is -3.87. The molecule has 3 aromatic heterocycles. The number of imidazole rings is 1. The maximum atomic E-state index is 12.0. The number of fused-ring (bicyclic) bond motifs is 1. The number of rotatable bonds is 5. The number of aromatic nitrogens is 2. The largest absolute Gasteiger partial charge is 0.472 e. The normalized spacial score (nSPS) is 10.8. The van der Waals surface area contributed by atoms with Crippen LogP contribution in [0.2, 0.25) is 0 Å². The molecule has 0 aliphatic rings. The van der Waals surface area contributed by atoms with Gasteiger partial charge in [0.15, 0.2) is 0 Å². The van der Waals surface area contributed by atoms with Gasteiger partial charge in [0, 0.05) is 23.6 Å². The number of nitrogens with one attached hydrogen (secondary N) is 2. The van der Waals surface area contributed by atoms with Crippen molar-refractivity contribution >= 4 is 23.1 Å². The highest BCUT2D eigenvalue weighted by atomic mass is 16.3. The predicted molar refractivity (Wildman–Crippen MR) is 105 cm³/mol. The van der Waals surface area contributed by atoms with E-state index in [9.17, 15) is 9.59 Å². The van der Waals surface area contributed by atoms with E-state index in [0.717, 1.165) is 22.5 Å². The molecule has 140 valence electrons. The van der Waals surface area contributed by atoms with Crippen molar-refractivity contribution in [2.24, 2.45) is 0 Å². The lowest BCUT2D eigenvalue weighted by molar-refractivity contribution is -0.115. The van der Waals surface area contributed by atoms with Gasteiger partial charge >= 0.3 is 0 Å². The van der Waals surface area contributed by atoms with Crippen molar-refractivity contribution in [2.45, 2.75) is 6.92 Å². The number of furan rings is 1. The fourth-order valence-corrected chi connectivity index (χ4v) is 2.88. The summed E-state index contributed by atoms with van der Waals surface area (Å²) in [6.07, 6.45) is 6.67. The zero-order valence-electron chi connectivity index (χ0n) is 15.2. The number of carbonyl (C=O) groups excluding carboxylic acids is 2. The van der Waals surface area contributed by atoms with Crippen molar-refractivity contribution in [3.05, 3.63) is 78.5 Å². The summed E-state index contributed by atoms with van der Waals surface area (Å²) in [5.74, 6) is -0.672. The van der Waals surface area contributed by atoms with Crippen LogP contribution < -0.4 is 10.6 Å². The zero-order chi connectivity index (χ0) is 19.5. The molecule has 0 bridgehead atoms. The fourth-order valence-electron chi connectivity index (χ4n) is 2.88. The molecule has 0 fully saturated rings. The lowest BCUT2D eigenvalue weighted by Gasteiger charge is -2.07. The molecule has 2 amide bonds. The molecule has 4 rings (SSSR count). The van der Waals surface area contributed by atoms with Crippen LogP contribution in [0.25, 0.3) is 16.9 Å². The predicted octanol–water partition coefficient (Wildman–Crippen LogP) is 3.27. The van der Waals surface area contributed by atoms with Crippen molar-refractivity contribution in [2.75, 3.05) is 11.9 Å². The van der Waals surface area contributed by atoms with Gasteiger partial charge in [-0.25, -0.2) is 4.98 Å². The highest BCUT2D eigenvalue weighted by Gasteiger charge is 2.10. The molecular weight excluding hydrogens is 356 g/mol. The first kappa shape index (κ1) is 17.5. The first-order chi connectivity index (χ1) is 13.6. The van der Waals surface area contributed by atoms with E-state index in [4.69, 9.17) is 4.42 Å². The van der Waals surface area contributed by atoms with Gasteiger partial charge in [0.25, 0.3) is 5.91 Å². The van der Waals surface area contributed by atoms with Crippen molar-refractivity contribution in [1.29, 1.82) is 0 Å². The van der Waals surface area contributed by atoms with Gasteiger partial charge in [-0.15, -0.1) is 0 Å². The summed E-state index contributed by atoms with van der Waals surface area (Å²) in [6, 6.07) is 13.0. The molecule has 28 heavy (non-hydrogen) atoms. The van der Waals surface area contributed by atoms with E-state index in [-0.39, 0.29) is 18.4 Å². The maximum Gasteiger partial charge on any atom is 0.254 e. The summed E-state index contributed by atoms with van der Waals surface area (Å²) < 4.78 is 6.83. The lowest BCUT2D eigenvalue weighted by Crippen LogP contribution is -2.32. The van der Waals surface area contributed by atoms with E-state index in [2.05, 4.69) is 15.6 Å². The minimum atomic E-state index is -0.360. The summed E-state index contributed by atoms with van der Waals surface area (Å²) in [5, 5.41) is 5.29. The highest BCUT2D eigenvalue weighted by molar-refractivity contribution is 5.99. The Morgan fingerprint density at radius 2 is 1.96 bits per heavy atom. The molecule has 0 radical (unpaired) electrons. The Labute approximate surface area is 161 Å². The maximum absolute atomic E-state index is 12.0. The minimum Gasteiger partial charge on any atom is -0.472 e. The average Bonchev–Trinajstić information content (AvgIpc) is 3.37. The topological polar surface area (TPSA) is 88.6 Å². The Morgan fingerprint density at radius 3 is 2.68 bits per heavy atom. The molecule has 3 heterocycles. The molecule has 0 atom stereocenters. The second-order valence-corrected chi connectivity index (χ2v) is 6.37. The lowest BCUT2D eigenvalue weighted by atomic mass is 10.1. The van der Waals surface area contributed by atoms with Crippen LogP contribution >= 0.6 is 0 Å². The van der Waals surface area contributed by atoms with Gasteiger partial charge in [0.1, 0.15) is 11.9 Å².